The fourth-order valence-electron chi connectivity index (χ4n) is 13.5. The number of aromatic amines is 2. The van der Waals surface area contributed by atoms with E-state index in [0.717, 1.165) is 277 Å². The van der Waals surface area contributed by atoms with Crippen molar-refractivity contribution < 1.29 is 18.9 Å². The van der Waals surface area contributed by atoms with Gasteiger partial charge in [0.05, 0.1) is 51.2 Å². The van der Waals surface area contributed by atoms with Crippen LogP contribution < -0.4 is 18.9 Å². The number of H-pyrrole nitrogens is 2. The summed E-state index contributed by atoms with van der Waals surface area (Å²) >= 11 is 0. The number of rotatable bonds is 32. The zero-order valence-corrected chi connectivity index (χ0v) is 55.3. The van der Waals surface area contributed by atoms with Crippen LogP contribution in [0.2, 0.25) is 0 Å². The van der Waals surface area contributed by atoms with Gasteiger partial charge in [0.25, 0.3) is 0 Å². The molecule has 88 heavy (non-hydrogen) atoms. The summed E-state index contributed by atoms with van der Waals surface area (Å²) in [6, 6.07) is 35.9. The first kappa shape index (κ1) is 65.2. The third-order valence-corrected chi connectivity index (χ3v) is 17.2. The predicted octanol–water partition coefficient (Wildman–Crippen LogP) is 17.5. The standard InChI is InChI=1S/C76H100N8O4/c1-13-37-81(38-14-2)49-57-45-53(21-33-69(57)85-9)73-61-25-27-63(77-61)74(54-22-34-70(86-10)58(46-54)50-82(39-15-3)40-16-4)65-29-31-67(79-65)76(56-24-36-72(88-12)60(48-56)52-84(43-19-7)44-20-8)68-32-30-66(80-68)75(64-28-26-62(73)78-64)55-23-35-71(87-11)59(47-55)51-83(41-17-5)42-18-6/h21-29,31,33-36,45-48,78-79H,13-20,30,32,37-44,49-52H2,1-12H3. The summed E-state index contributed by atoms with van der Waals surface area (Å²) in [5.41, 5.74) is 20.8. The lowest BCUT2D eigenvalue weighted by molar-refractivity contribution is 0.262. The number of ether oxygens (including phenoxy) is 4. The van der Waals surface area contributed by atoms with E-state index in [1.807, 2.05) is 0 Å². The number of aryl methyl sites for hydroxylation is 2. The van der Waals surface area contributed by atoms with Crippen molar-refractivity contribution in [2.75, 3.05) is 80.8 Å². The van der Waals surface area contributed by atoms with Gasteiger partial charge in [-0.3, -0.25) is 24.6 Å². The Labute approximate surface area is 526 Å². The molecule has 8 bridgehead atoms. The van der Waals surface area contributed by atoms with Crippen LogP contribution in [-0.4, -0.2) is 120 Å². The van der Waals surface area contributed by atoms with Crippen molar-refractivity contribution in [3.05, 3.63) is 142 Å². The fraction of sp³-hybridized carbons (Fsp3) is 0.447. The Hall–Kier alpha value is -7.22. The maximum Gasteiger partial charge on any atom is 0.123 e. The molecule has 9 rings (SSSR count). The zero-order chi connectivity index (χ0) is 62.1. The minimum absolute atomic E-state index is 0.746. The van der Waals surface area contributed by atoms with Crippen molar-refractivity contribution in [1.29, 1.82) is 0 Å². The summed E-state index contributed by atoms with van der Waals surface area (Å²) in [4.78, 5) is 30.1. The number of aromatic nitrogens is 4. The molecule has 7 aromatic rings. The van der Waals surface area contributed by atoms with Crippen LogP contribution in [0, 0.1) is 0 Å². The highest BCUT2D eigenvalue weighted by Gasteiger charge is 2.25. The van der Waals surface area contributed by atoms with Crippen molar-refractivity contribution in [1.82, 2.24) is 39.5 Å². The molecule has 0 amide bonds. The van der Waals surface area contributed by atoms with Gasteiger partial charge in [-0.15, -0.1) is 0 Å². The van der Waals surface area contributed by atoms with E-state index in [-0.39, 0.29) is 0 Å². The van der Waals surface area contributed by atoms with E-state index >= 15 is 0 Å². The van der Waals surface area contributed by atoms with Gasteiger partial charge < -0.3 is 28.9 Å². The maximum atomic E-state index is 6.16. The largest absolute Gasteiger partial charge is 0.496 e. The molecule has 3 aromatic heterocycles. The summed E-state index contributed by atoms with van der Waals surface area (Å²) in [5.74, 6) is 3.55. The lowest BCUT2D eigenvalue weighted by atomic mass is 9.98. The number of nitrogens with one attached hydrogen (secondary N) is 2. The SMILES string of the molecule is CCCN(CCC)Cc1cc(-c2c3nc(c(-c4ccc(OC)c(CN(CCC)CCC)c4)c4ccc([nH]4)c(-c4ccc(OC)c(CN(CCC)CCC)c4)c4nc(c(-c5ccc(OC)c(CN(CCC)CCC)c5)c5ccc2[nH]5)CC4)C=C3)ccc1OC. The summed E-state index contributed by atoms with van der Waals surface area (Å²) in [7, 11) is 7.16. The van der Waals surface area contributed by atoms with E-state index in [2.05, 4.69) is 194 Å². The Morgan fingerprint density at radius 2 is 0.580 bits per heavy atom. The second-order valence-corrected chi connectivity index (χ2v) is 24.0. The fourth-order valence-corrected chi connectivity index (χ4v) is 13.5. The normalized spacial score (nSPS) is 12.4. The van der Waals surface area contributed by atoms with Crippen molar-refractivity contribution in [2.24, 2.45) is 0 Å². The van der Waals surface area contributed by atoms with Crippen LogP contribution in [-0.2, 0) is 39.0 Å². The Morgan fingerprint density at radius 1 is 0.330 bits per heavy atom. The predicted molar refractivity (Wildman–Crippen MR) is 369 cm³/mol. The van der Waals surface area contributed by atoms with E-state index in [9.17, 15) is 0 Å². The summed E-state index contributed by atoms with van der Waals surface area (Å²) in [5, 5.41) is 0. The van der Waals surface area contributed by atoms with E-state index in [0.29, 0.717) is 0 Å². The summed E-state index contributed by atoms with van der Waals surface area (Å²) in [6.07, 6.45) is 14.5. The molecule has 0 unspecified atom stereocenters. The molecule has 0 saturated heterocycles. The number of benzene rings is 4. The molecule has 5 heterocycles. The number of nitrogens with zero attached hydrogens (tertiary/aromatic N) is 6. The lowest BCUT2D eigenvalue weighted by Gasteiger charge is -2.23. The monoisotopic (exact) mass is 1190 g/mol. The lowest BCUT2D eigenvalue weighted by Crippen LogP contribution is -2.25. The number of fused-ring (bicyclic) bond motifs is 8. The number of hydrogen-bond acceptors (Lipinski definition) is 10. The molecule has 12 heteroatoms. The van der Waals surface area contributed by atoms with Gasteiger partial charge in [0.15, 0.2) is 0 Å². The molecule has 468 valence electrons. The van der Waals surface area contributed by atoms with Crippen LogP contribution in [0.1, 0.15) is 152 Å². The summed E-state index contributed by atoms with van der Waals surface area (Å²) in [6.45, 7) is 29.3. The third-order valence-electron chi connectivity index (χ3n) is 17.2. The molecule has 0 fully saturated rings. The number of methoxy groups -OCH3 is 4. The minimum atomic E-state index is 0.746. The highest BCUT2D eigenvalue weighted by molar-refractivity contribution is 5.98. The van der Waals surface area contributed by atoms with Crippen LogP contribution in [0.5, 0.6) is 23.0 Å². The van der Waals surface area contributed by atoms with E-state index in [1.54, 1.807) is 28.4 Å². The van der Waals surface area contributed by atoms with Crippen LogP contribution in [0.25, 0.3) is 78.7 Å². The van der Waals surface area contributed by atoms with E-state index in [4.69, 9.17) is 28.9 Å². The van der Waals surface area contributed by atoms with Crippen molar-refractivity contribution >= 4 is 34.2 Å². The van der Waals surface area contributed by atoms with Crippen molar-refractivity contribution in [3.63, 3.8) is 0 Å². The maximum absolute atomic E-state index is 6.16. The molecule has 2 aliphatic rings. The van der Waals surface area contributed by atoms with Gasteiger partial charge in [0.2, 0.25) is 0 Å². The van der Waals surface area contributed by atoms with Crippen LogP contribution >= 0.6 is 0 Å². The van der Waals surface area contributed by atoms with Gasteiger partial charge in [0, 0.05) is 92.8 Å². The van der Waals surface area contributed by atoms with Gasteiger partial charge in [-0.2, -0.15) is 0 Å². The molecular formula is C76H100N8O4. The third kappa shape index (κ3) is 15.3. The van der Waals surface area contributed by atoms with Gasteiger partial charge >= 0.3 is 0 Å². The quantitative estimate of drug-likeness (QED) is 0.0423. The first-order valence-corrected chi connectivity index (χ1v) is 33.1. The van der Waals surface area contributed by atoms with Gasteiger partial charge in [-0.1, -0.05) is 79.7 Å². The molecule has 0 radical (unpaired) electrons. The first-order valence-electron chi connectivity index (χ1n) is 33.1. The Kier molecular flexibility index (Phi) is 23.6. The minimum Gasteiger partial charge on any atom is -0.496 e. The Balaban J connectivity index is 1.42. The molecule has 0 atom stereocenters. The van der Waals surface area contributed by atoms with Crippen molar-refractivity contribution in [3.8, 4) is 67.5 Å². The van der Waals surface area contributed by atoms with Crippen LogP contribution in [0.3, 0.4) is 0 Å². The zero-order valence-electron chi connectivity index (χ0n) is 55.3. The van der Waals surface area contributed by atoms with E-state index in [1.165, 1.54) is 0 Å². The highest BCUT2D eigenvalue weighted by Crippen LogP contribution is 2.42. The summed E-state index contributed by atoms with van der Waals surface area (Å²) < 4.78 is 24.6. The average Bonchev–Trinajstić information content (AvgIpc) is 4.06. The molecule has 4 aromatic carbocycles. The van der Waals surface area contributed by atoms with Gasteiger partial charge in [-0.25, -0.2) is 4.98 Å². The van der Waals surface area contributed by atoms with Gasteiger partial charge in [0.1, 0.15) is 23.0 Å². The molecule has 2 N–H and O–H groups in total. The smallest absolute Gasteiger partial charge is 0.123 e. The first-order chi connectivity index (χ1) is 43.0. The Bertz CT molecular complexity index is 3400. The Morgan fingerprint density at radius 3 is 0.830 bits per heavy atom. The molecule has 0 aliphatic carbocycles. The number of hydrogen-bond donors (Lipinski definition) is 2. The average molecular weight is 1190 g/mol. The second kappa shape index (κ2) is 31.8. The molecular weight excluding hydrogens is 1090 g/mol. The van der Waals surface area contributed by atoms with Crippen LogP contribution in [0.15, 0.2) is 97.1 Å². The molecule has 0 saturated carbocycles. The van der Waals surface area contributed by atoms with Crippen molar-refractivity contribution in [2.45, 2.75) is 146 Å². The second-order valence-electron chi connectivity index (χ2n) is 24.0. The highest BCUT2D eigenvalue weighted by atomic mass is 16.5. The molecule has 0 spiro atoms. The molecule has 2 aliphatic heterocycles. The van der Waals surface area contributed by atoms with E-state index < -0.39 is 0 Å². The topological polar surface area (TPSA) is 107 Å². The van der Waals surface area contributed by atoms with Crippen LogP contribution in [0.4, 0.5) is 0 Å². The molecule has 12 nitrogen and oxygen atoms in total. The van der Waals surface area contributed by atoms with Gasteiger partial charge in [-0.05, 0) is 224 Å².